The summed E-state index contributed by atoms with van der Waals surface area (Å²) in [7, 11) is 0. The number of nitrogens with zero attached hydrogens (tertiary/aromatic N) is 2. The zero-order chi connectivity index (χ0) is 80.6. The van der Waals surface area contributed by atoms with E-state index in [4.69, 9.17) is 0 Å². The van der Waals surface area contributed by atoms with Crippen LogP contribution in [0.1, 0.15) is 0 Å². The van der Waals surface area contributed by atoms with Crippen LogP contribution in [0.25, 0.3) is 230 Å². The largest absolute Gasteiger partial charge is 0.309 e. The Morgan fingerprint density at radius 1 is 0.123 bits per heavy atom. The molecule has 25 aromatic rings. The predicted octanol–water partition coefficient (Wildman–Crippen LogP) is 33.3. The summed E-state index contributed by atoms with van der Waals surface area (Å²) in [6.07, 6.45) is 0. The third kappa shape index (κ3) is 12.4. The molecular formula is C120H78N2. The Morgan fingerprint density at radius 2 is 0.418 bits per heavy atom. The van der Waals surface area contributed by atoms with Gasteiger partial charge in [0.2, 0.25) is 0 Å². The van der Waals surface area contributed by atoms with Crippen LogP contribution in [0.3, 0.4) is 0 Å². The molecule has 2 heterocycles. The molecule has 0 N–H and O–H groups in total. The smallest absolute Gasteiger partial charge is 0.0619 e. The molecule has 0 aliphatic heterocycles. The highest BCUT2D eigenvalue weighted by Gasteiger charge is 2.22. The number of hydrogen-bond acceptors (Lipinski definition) is 0. The topological polar surface area (TPSA) is 9.86 Å². The van der Waals surface area contributed by atoms with Crippen LogP contribution in [0.4, 0.5) is 0 Å². The normalized spacial score (nSPS) is 11.6. The third-order valence-electron chi connectivity index (χ3n) is 25.1. The first-order valence-electron chi connectivity index (χ1n) is 42.2. The maximum atomic E-state index is 2.43. The van der Waals surface area contributed by atoms with Crippen molar-refractivity contribution in [1.82, 2.24) is 9.13 Å². The van der Waals surface area contributed by atoms with Gasteiger partial charge in [0.25, 0.3) is 0 Å². The summed E-state index contributed by atoms with van der Waals surface area (Å²) in [5.41, 5.74) is 24.7. The lowest BCUT2D eigenvalue weighted by molar-refractivity contribution is 1.18. The van der Waals surface area contributed by atoms with E-state index in [1.165, 1.54) is 230 Å². The number of benzene rings is 23. The molecule has 0 atom stereocenters. The van der Waals surface area contributed by atoms with Gasteiger partial charge in [0.05, 0.1) is 22.1 Å². The molecule has 0 aliphatic carbocycles. The van der Waals surface area contributed by atoms with E-state index in [1.807, 2.05) is 0 Å². The minimum absolute atomic E-state index is 1.18. The zero-order valence-electron chi connectivity index (χ0n) is 66.9. The van der Waals surface area contributed by atoms with Crippen LogP contribution in [-0.4, -0.2) is 9.13 Å². The van der Waals surface area contributed by atoms with Gasteiger partial charge in [-0.3, -0.25) is 0 Å². The highest BCUT2D eigenvalue weighted by Crippen LogP contribution is 2.47. The maximum absolute atomic E-state index is 2.43. The average molecular weight is 1550 g/mol. The van der Waals surface area contributed by atoms with E-state index in [2.05, 4.69) is 482 Å². The number of para-hydroxylation sites is 5. The minimum Gasteiger partial charge on any atom is -0.309 e. The number of fused-ring (bicyclic) bond motifs is 21. The van der Waals surface area contributed by atoms with Crippen LogP contribution in [0.5, 0.6) is 0 Å². The van der Waals surface area contributed by atoms with Gasteiger partial charge in [-0.2, -0.15) is 0 Å². The summed E-state index contributed by atoms with van der Waals surface area (Å²) >= 11 is 0. The van der Waals surface area contributed by atoms with Crippen molar-refractivity contribution >= 4 is 141 Å². The molecule has 122 heavy (non-hydrogen) atoms. The van der Waals surface area contributed by atoms with Gasteiger partial charge in [0.1, 0.15) is 0 Å². The van der Waals surface area contributed by atoms with Gasteiger partial charge in [0.15, 0.2) is 0 Å². The van der Waals surface area contributed by atoms with Crippen molar-refractivity contribution in [2.75, 3.05) is 0 Å². The summed E-state index contributed by atoms with van der Waals surface area (Å²) in [6, 6.07) is 172. The van der Waals surface area contributed by atoms with Crippen LogP contribution >= 0.6 is 0 Å². The fourth-order valence-electron chi connectivity index (χ4n) is 19.5. The lowest BCUT2D eigenvalue weighted by Gasteiger charge is -2.16. The molecule has 0 aliphatic rings. The second-order valence-electron chi connectivity index (χ2n) is 32.1. The van der Waals surface area contributed by atoms with Crippen LogP contribution in [0.2, 0.25) is 0 Å². The SMILES string of the molecule is c1ccc(-c2cccc(-c3ccc4ccc5cc(-c6cccc(-c7ccccc7)c6)c6ccccc6c5c4c3)c2)cc1.c1ccc(-n2c3ccccc3c3cc(-c4cccc(-c5cc6ccc7ccccc7c6c6ccccc56)c4)ccc32)cc1.c1ccc(-n2c3ccccc3c3cccc(-c4cc5ccc6ccccc6c5c5ccccc45)c32)cc1. The number of aromatic nitrogens is 2. The van der Waals surface area contributed by atoms with Crippen molar-refractivity contribution in [2.24, 2.45) is 0 Å². The predicted molar refractivity (Wildman–Crippen MR) is 524 cm³/mol. The lowest BCUT2D eigenvalue weighted by Crippen LogP contribution is -1.95. The van der Waals surface area contributed by atoms with E-state index in [1.54, 1.807) is 0 Å². The molecule has 0 amide bonds. The van der Waals surface area contributed by atoms with E-state index in [0.29, 0.717) is 0 Å². The Bertz CT molecular complexity index is 8420. The second-order valence-corrected chi connectivity index (χ2v) is 32.1. The Labute approximate surface area is 707 Å². The molecule has 568 valence electrons. The summed E-state index contributed by atoms with van der Waals surface area (Å²) in [5.74, 6) is 0. The van der Waals surface area contributed by atoms with E-state index in [9.17, 15) is 0 Å². The van der Waals surface area contributed by atoms with E-state index < -0.39 is 0 Å². The van der Waals surface area contributed by atoms with Gasteiger partial charge >= 0.3 is 0 Å². The van der Waals surface area contributed by atoms with Crippen molar-refractivity contribution in [3.63, 3.8) is 0 Å². The van der Waals surface area contributed by atoms with E-state index in [0.717, 1.165) is 0 Å². The molecule has 0 spiro atoms. The Kier molecular flexibility index (Phi) is 17.6. The van der Waals surface area contributed by atoms with Crippen molar-refractivity contribution in [2.45, 2.75) is 0 Å². The van der Waals surface area contributed by atoms with Gasteiger partial charge in [0, 0.05) is 38.5 Å². The van der Waals surface area contributed by atoms with Gasteiger partial charge in [-0.15, -0.1) is 0 Å². The molecule has 0 fully saturated rings. The van der Waals surface area contributed by atoms with Gasteiger partial charge in [-0.05, 0) is 260 Å². The Morgan fingerprint density at radius 3 is 0.926 bits per heavy atom. The molecule has 0 saturated carbocycles. The van der Waals surface area contributed by atoms with Crippen LogP contribution in [0, 0.1) is 0 Å². The molecule has 23 aromatic carbocycles. The van der Waals surface area contributed by atoms with Crippen LogP contribution < -0.4 is 0 Å². The van der Waals surface area contributed by atoms with Crippen LogP contribution in [-0.2, 0) is 0 Å². The summed E-state index contributed by atoms with van der Waals surface area (Å²) in [5, 5.41) is 28.3. The van der Waals surface area contributed by atoms with Gasteiger partial charge in [-0.1, -0.05) is 382 Å². The molecule has 2 heteroatoms. The molecule has 2 aromatic heterocycles. The van der Waals surface area contributed by atoms with Gasteiger partial charge in [-0.25, -0.2) is 0 Å². The lowest BCUT2D eigenvalue weighted by atomic mass is 9.89. The molecule has 25 rings (SSSR count). The van der Waals surface area contributed by atoms with Crippen molar-refractivity contribution in [3.8, 4) is 89.3 Å². The first kappa shape index (κ1) is 71.3. The van der Waals surface area contributed by atoms with Crippen molar-refractivity contribution in [1.29, 1.82) is 0 Å². The maximum Gasteiger partial charge on any atom is 0.0619 e. The summed E-state index contributed by atoms with van der Waals surface area (Å²) < 4.78 is 4.80. The fraction of sp³-hybridized carbons (Fsp3) is 0. The van der Waals surface area contributed by atoms with E-state index in [-0.39, 0.29) is 0 Å². The molecule has 0 saturated heterocycles. The number of rotatable bonds is 9. The fourth-order valence-corrected chi connectivity index (χ4v) is 19.5. The second kappa shape index (κ2) is 30.2. The first-order chi connectivity index (χ1) is 60.5. The highest BCUT2D eigenvalue weighted by atomic mass is 15.0. The molecule has 0 unspecified atom stereocenters. The quantitative estimate of drug-likeness (QED) is 0.128. The van der Waals surface area contributed by atoms with E-state index >= 15 is 0 Å². The monoisotopic (exact) mass is 1550 g/mol. The average Bonchev–Trinajstić information content (AvgIpc) is 1.45. The molecule has 2 nitrogen and oxygen atoms in total. The van der Waals surface area contributed by atoms with Crippen molar-refractivity contribution < 1.29 is 0 Å². The summed E-state index contributed by atoms with van der Waals surface area (Å²) in [6.45, 7) is 0. The molecule has 0 bridgehead atoms. The van der Waals surface area contributed by atoms with Crippen molar-refractivity contribution in [3.05, 3.63) is 473 Å². The number of hydrogen-bond donors (Lipinski definition) is 0. The Balaban J connectivity index is 0.000000107. The third-order valence-corrected chi connectivity index (χ3v) is 25.1. The first-order valence-corrected chi connectivity index (χ1v) is 42.2. The van der Waals surface area contributed by atoms with Crippen LogP contribution in [0.15, 0.2) is 473 Å². The standard InChI is InChI=1S/C42H27N.C42H28.C36H23N/c1-2-14-33(15-3-1)43-40-20-9-8-18-36(40)39-26-30(23-24-41(39)43)29-12-10-13-31(25-29)38-27-32-22-21-28-11-4-5-16-34(28)42(32)37-19-7-6-17-35(37)38;1-3-11-29(12-4-1)32-15-9-17-34(25-32)35-23-21-31-22-24-37-28-40(38-19-7-8-20-39(38)42(37)41(31)27-35)36-18-10-16-33(26-36)30-13-5-2-6-14-30;1-2-12-26(13-3-1)37-34-20-9-8-16-29(34)31-18-10-19-32(36(31)37)33-23-25-22-21-24-11-4-5-14-27(24)35(25)30-17-7-6-15-28(30)33/h1-27H;1-28H;1-23H. The summed E-state index contributed by atoms with van der Waals surface area (Å²) in [4.78, 5) is 0. The highest BCUT2D eigenvalue weighted by molar-refractivity contribution is 6.28. The minimum atomic E-state index is 1.18. The molecular weight excluding hydrogens is 1470 g/mol. The van der Waals surface area contributed by atoms with Gasteiger partial charge < -0.3 is 9.13 Å². The Hall–Kier alpha value is -16.0. The molecule has 0 radical (unpaired) electrons. The zero-order valence-corrected chi connectivity index (χ0v) is 66.9.